The topological polar surface area (TPSA) is 63.3 Å². The summed E-state index contributed by atoms with van der Waals surface area (Å²) in [5, 5.41) is 9.00. The number of carboxylic acid groups (broad SMARTS) is 1. The molecule has 20 heavy (non-hydrogen) atoms. The summed E-state index contributed by atoms with van der Waals surface area (Å²) >= 11 is 0. The molecular weight excluding hydrogens is 254 g/mol. The molecule has 4 heteroatoms. The van der Waals surface area contributed by atoms with E-state index in [0.29, 0.717) is 5.89 Å². The lowest BCUT2D eigenvalue weighted by molar-refractivity contribution is -0.138. The highest BCUT2D eigenvalue weighted by Gasteiger charge is 2.26. The minimum Gasteiger partial charge on any atom is -0.481 e. The molecule has 0 saturated heterocycles. The fourth-order valence-corrected chi connectivity index (χ4v) is 2.15. The van der Waals surface area contributed by atoms with Gasteiger partial charge < -0.3 is 9.52 Å². The Bertz CT molecular complexity index is 647. The monoisotopic (exact) mass is 275 g/mol. The van der Waals surface area contributed by atoms with Crippen molar-refractivity contribution in [1.82, 2.24) is 4.98 Å². The van der Waals surface area contributed by atoms with Gasteiger partial charge in [-0.1, -0.05) is 40.7 Å². The molecule has 0 saturated carbocycles. The SMILES string of the molecule is CC(C)(C)c1nc2cc(C(C)(C)CC(=O)O)ccc2o1. The first-order valence-electron chi connectivity index (χ1n) is 6.73. The molecule has 4 nitrogen and oxygen atoms in total. The molecule has 0 amide bonds. The number of oxazole rings is 1. The van der Waals surface area contributed by atoms with Gasteiger partial charge in [-0.05, 0) is 17.7 Å². The van der Waals surface area contributed by atoms with E-state index in [1.165, 1.54) is 0 Å². The van der Waals surface area contributed by atoms with E-state index >= 15 is 0 Å². The molecule has 0 bridgehead atoms. The molecule has 0 aliphatic heterocycles. The van der Waals surface area contributed by atoms with Gasteiger partial charge in [0.05, 0.1) is 6.42 Å². The molecule has 1 heterocycles. The van der Waals surface area contributed by atoms with Gasteiger partial charge in [-0.2, -0.15) is 0 Å². The summed E-state index contributed by atoms with van der Waals surface area (Å²) in [5.74, 6) is -0.105. The van der Waals surface area contributed by atoms with Gasteiger partial charge in [-0.3, -0.25) is 4.79 Å². The molecule has 0 atom stereocenters. The molecule has 0 fully saturated rings. The second kappa shape index (κ2) is 4.62. The van der Waals surface area contributed by atoms with Crippen LogP contribution in [0.15, 0.2) is 22.6 Å². The maximum atomic E-state index is 11.0. The van der Waals surface area contributed by atoms with Crippen molar-refractivity contribution in [2.24, 2.45) is 0 Å². The molecule has 0 aliphatic carbocycles. The maximum Gasteiger partial charge on any atom is 0.304 e. The Kier molecular flexibility index (Phi) is 3.36. The Balaban J connectivity index is 2.46. The van der Waals surface area contributed by atoms with E-state index in [0.717, 1.165) is 16.7 Å². The number of hydrogen-bond donors (Lipinski definition) is 1. The number of hydrogen-bond acceptors (Lipinski definition) is 3. The highest BCUT2D eigenvalue weighted by Crippen LogP contribution is 2.31. The molecule has 1 aromatic heterocycles. The average molecular weight is 275 g/mol. The first-order chi connectivity index (χ1) is 9.09. The second-order valence-corrected chi connectivity index (χ2v) is 6.91. The van der Waals surface area contributed by atoms with Crippen LogP contribution in [-0.2, 0) is 15.6 Å². The predicted molar refractivity (Wildman–Crippen MR) is 78.0 cm³/mol. The molecule has 108 valence electrons. The Morgan fingerprint density at radius 3 is 2.45 bits per heavy atom. The second-order valence-electron chi connectivity index (χ2n) is 6.91. The number of aliphatic carboxylic acids is 1. The minimum absolute atomic E-state index is 0.0858. The number of aromatic nitrogens is 1. The zero-order valence-corrected chi connectivity index (χ0v) is 12.7. The van der Waals surface area contributed by atoms with Crippen LogP contribution >= 0.6 is 0 Å². The Morgan fingerprint density at radius 2 is 1.90 bits per heavy atom. The Labute approximate surface area is 118 Å². The number of fused-ring (bicyclic) bond motifs is 1. The molecule has 0 radical (unpaired) electrons. The summed E-state index contributed by atoms with van der Waals surface area (Å²) in [7, 11) is 0. The third kappa shape index (κ3) is 2.84. The van der Waals surface area contributed by atoms with E-state index in [1.807, 2.05) is 52.8 Å². The molecule has 0 unspecified atom stereocenters. The van der Waals surface area contributed by atoms with Crippen molar-refractivity contribution in [3.8, 4) is 0 Å². The van der Waals surface area contributed by atoms with Crippen LogP contribution in [0.2, 0.25) is 0 Å². The molecular formula is C16H21NO3. The molecule has 1 N–H and O–H groups in total. The Hall–Kier alpha value is -1.84. The zero-order valence-electron chi connectivity index (χ0n) is 12.7. The van der Waals surface area contributed by atoms with E-state index in [1.54, 1.807) is 0 Å². The van der Waals surface area contributed by atoms with Crippen LogP contribution < -0.4 is 0 Å². The van der Waals surface area contributed by atoms with Gasteiger partial charge in [0.2, 0.25) is 5.89 Å². The van der Waals surface area contributed by atoms with Gasteiger partial charge in [-0.25, -0.2) is 4.98 Å². The maximum absolute atomic E-state index is 11.0. The molecule has 1 aromatic carbocycles. The van der Waals surface area contributed by atoms with E-state index in [2.05, 4.69) is 4.98 Å². The third-order valence-electron chi connectivity index (χ3n) is 3.40. The molecule has 2 rings (SSSR count). The van der Waals surface area contributed by atoms with Crippen LogP contribution in [0.4, 0.5) is 0 Å². The molecule has 0 spiro atoms. The van der Waals surface area contributed by atoms with Crippen LogP contribution in [0.25, 0.3) is 11.1 Å². The molecule has 2 aromatic rings. The summed E-state index contributed by atoms with van der Waals surface area (Å²) in [6.45, 7) is 9.99. The van der Waals surface area contributed by atoms with Crippen LogP contribution in [0, 0.1) is 0 Å². The van der Waals surface area contributed by atoms with Gasteiger partial charge in [0.15, 0.2) is 5.58 Å². The lowest BCUT2D eigenvalue weighted by atomic mass is 9.81. The Morgan fingerprint density at radius 1 is 1.25 bits per heavy atom. The van der Waals surface area contributed by atoms with Crippen LogP contribution in [-0.4, -0.2) is 16.1 Å². The summed E-state index contributed by atoms with van der Waals surface area (Å²) < 4.78 is 5.75. The number of benzene rings is 1. The van der Waals surface area contributed by atoms with Crippen molar-refractivity contribution in [2.75, 3.05) is 0 Å². The van der Waals surface area contributed by atoms with Crippen LogP contribution in [0.3, 0.4) is 0 Å². The van der Waals surface area contributed by atoms with Crippen molar-refractivity contribution in [2.45, 2.75) is 51.9 Å². The van der Waals surface area contributed by atoms with Gasteiger partial charge >= 0.3 is 5.97 Å². The van der Waals surface area contributed by atoms with Crippen molar-refractivity contribution < 1.29 is 14.3 Å². The fraction of sp³-hybridized carbons (Fsp3) is 0.500. The predicted octanol–water partition coefficient (Wildman–Crippen LogP) is 3.88. The quantitative estimate of drug-likeness (QED) is 0.923. The lowest BCUT2D eigenvalue weighted by Gasteiger charge is -2.22. The van der Waals surface area contributed by atoms with Gasteiger partial charge in [0.25, 0.3) is 0 Å². The number of rotatable bonds is 3. The van der Waals surface area contributed by atoms with Gasteiger partial charge in [-0.15, -0.1) is 0 Å². The van der Waals surface area contributed by atoms with E-state index in [9.17, 15) is 4.79 Å². The van der Waals surface area contributed by atoms with Gasteiger partial charge in [0.1, 0.15) is 5.52 Å². The normalized spacial score (nSPS) is 12.8. The summed E-state index contributed by atoms with van der Waals surface area (Å²) in [5.41, 5.74) is 1.91. The van der Waals surface area contributed by atoms with E-state index in [-0.39, 0.29) is 11.8 Å². The minimum atomic E-state index is -0.800. The highest BCUT2D eigenvalue weighted by molar-refractivity contribution is 5.75. The smallest absolute Gasteiger partial charge is 0.304 e. The fourth-order valence-electron chi connectivity index (χ4n) is 2.15. The molecule has 0 aliphatic rings. The van der Waals surface area contributed by atoms with Crippen LogP contribution in [0.1, 0.15) is 52.5 Å². The van der Waals surface area contributed by atoms with Crippen molar-refractivity contribution in [1.29, 1.82) is 0 Å². The largest absolute Gasteiger partial charge is 0.481 e. The standard InChI is InChI=1S/C16H21NO3/c1-15(2,3)14-17-11-8-10(6-7-12(11)20-14)16(4,5)9-13(18)19/h6-8H,9H2,1-5H3,(H,18,19). The third-order valence-corrected chi connectivity index (χ3v) is 3.40. The van der Waals surface area contributed by atoms with Crippen LogP contribution in [0.5, 0.6) is 0 Å². The summed E-state index contributed by atoms with van der Waals surface area (Å²) in [4.78, 5) is 15.5. The number of nitrogens with zero attached hydrogens (tertiary/aromatic N) is 1. The van der Waals surface area contributed by atoms with Crippen molar-refractivity contribution in [3.05, 3.63) is 29.7 Å². The first kappa shape index (κ1) is 14.6. The number of carboxylic acids is 1. The van der Waals surface area contributed by atoms with E-state index in [4.69, 9.17) is 9.52 Å². The summed E-state index contributed by atoms with van der Waals surface area (Å²) in [6, 6.07) is 5.72. The van der Waals surface area contributed by atoms with Crippen molar-refractivity contribution >= 4 is 17.1 Å². The first-order valence-corrected chi connectivity index (χ1v) is 6.73. The van der Waals surface area contributed by atoms with E-state index < -0.39 is 11.4 Å². The summed E-state index contributed by atoms with van der Waals surface area (Å²) in [6.07, 6.45) is 0.0858. The average Bonchev–Trinajstić information content (AvgIpc) is 2.69. The highest BCUT2D eigenvalue weighted by atomic mass is 16.4. The van der Waals surface area contributed by atoms with Gasteiger partial charge in [0, 0.05) is 10.8 Å². The lowest BCUT2D eigenvalue weighted by Crippen LogP contribution is -2.21. The zero-order chi connectivity index (χ0) is 15.1. The number of carbonyl (C=O) groups is 1. The van der Waals surface area contributed by atoms with Crippen molar-refractivity contribution in [3.63, 3.8) is 0 Å².